The molecule has 6 N–H and O–H groups in total. The predicted octanol–water partition coefficient (Wildman–Crippen LogP) is 10.9. The first-order valence-corrected chi connectivity index (χ1v) is 26.7. The fourth-order valence-corrected chi connectivity index (χ4v) is 9.55. The molecular weight excluding hydrogens is 1040 g/mol. The van der Waals surface area contributed by atoms with Crippen molar-refractivity contribution in [2.75, 3.05) is 39.3 Å². The van der Waals surface area contributed by atoms with Gasteiger partial charge in [-0.3, -0.25) is 14.4 Å². The zero-order valence-electron chi connectivity index (χ0n) is 42.3. The number of hydrogen-bond acceptors (Lipinski definition) is 11. The maximum absolute atomic E-state index is 13.3. The number of carboxylic acids is 1. The van der Waals surface area contributed by atoms with Crippen LogP contribution in [0, 0.1) is 11.6 Å². The third-order valence-electron chi connectivity index (χ3n) is 13.7. The monoisotopic (exact) mass is 1110 g/mol. The number of rotatable bonds is 19. The number of nitrogens with zero attached hydrogens (tertiary/aromatic N) is 2. The van der Waals surface area contributed by atoms with E-state index in [-0.39, 0.29) is 42.3 Å². The molecule has 78 heavy (non-hydrogen) atoms. The molecule has 0 spiro atoms. The topological polar surface area (TPSA) is 192 Å². The van der Waals surface area contributed by atoms with E-state index in [2.05, 4.69) is 15.1 Å². The number of benzene rings is 6. The van der Waals surface area contributed by atoms with Crippen LogP contribution in [0.4, 0.5) is 8.78 Å². The summed E-state index contributed by atoms with van der Waals surface area (Å²) in [6, 6.07) is 34.1. The van der Waals surface area contributed by atoms with Crippen LogP contribution in [0.2, 0.25) is 10.0 Å². The number of nitrogens with one attached hydrogen (secondary N) is 1. The summed E-state index contributed by atoms with van der Waals surface area (Å²) in [6.07, 6.45) is 7.48. The number of hydrogen-bond donors (Lipinski definition) is 5. The molecule has 10 rings (SSSR count). The van der Waals surface area contributed by atoms with E-state index >= 15 is 0 Å². The third kappa shape index (κ3) is 16.7. The van der Waals surface area contributed by atoms with Gasteiger partial charge in [-0.1, -0.05) is 103 Å². The van der Waals surface area contributed by atoms with Crippen LogP contribution in [0.3, 0.4) is 0 Å². The lowest BCUT2D eigenvalue weighted by Crippen LogP contribution is -2.48. The van der Waals surface area contributed by atoms with Gasteiger partial charge in [0.15, 0.2) is 0 Å². The first-order valence-electron chi connectivity index (χ1n) is 25.9. The minimum absolute atomic E-state index is 0. The van der Waals surface area contributed by atoms with Crippen molar-refractivity contribution in [3.05, 3.63) is 177 Å². The average molecular weight is 1110 g/mol. The number of ketones is 2. The quantitative estimate of drug-likeness (QED) is 0.0381. The molecule has 17 heteroatoms. The highest BCUT2D eigenvalue weighted by Crippen LogP contribution is 2.36. The Bertz CT molecular complexity index is 3000. The Morgan fingerprint density at radius 3 is 1.42 bits per heavy atom. The molecule has 4 fully saturated rings. The van der Waals surface area contributed by atoms with E-state index in [0.29, 0.717) is 50.9 Å². The molecule has 0 aromatic heterocycles. The van der Waals surface area contributed by atoms with Gasteiger partial charge in [0.1, 0.15) is 29.2 Å². The molecule has 6 aromatic rings. The van der Waals surface area contributed by atoms with Crippen molar-refractivity contribution in [3.8, 4) is 33.8 Å². The highest BCUT2D eigenvalue weighted by Gasteiger charge is 2.31. The number of carbonyl (C=O) groups excluding carboxylic acids is 3. The number of aliphatic carboxylic acids is 1. The number of Topliss-reactive ketones (excluding diaryl/α,β-unsaturated/α-hetero) is 2. The number of nitrogens with two attached hydrogens (primary N) is 1. The maximum Gasteiger partial charge on any atom is 0.377 e. The molecule has 412 valence electrons. The zero-order valence-corrected chi connectivity index (χ0v) is 43.9. The highest BCUT2D eigenvalue weighted by atomic mass is 35.5. The van der Waals surface area contributed by atoms with Crippen molar-refractivity contribution in [2.45, 2.75) is 95.3 Å². The fraction of sp³-hybridized carbons (Fsp3) is 0.344. The van der Waals surface area contributed by atoms with Gasteiger partial charge in [-0.15, -0.1) is 0 Å². The number of ether oxygens (including phenoxy) is 2. The Morgan fingerprint density at radius 1 is 0.577 bits per heavy atom. The zero-order chi connectivity index (χ0) is 54.6. The molecule has 0 unspecified atom stereocenters. The lowest BCUT2D eigenvalue weighted by molar-refractivity contribution is -0.131. The van der Waals surface area contributed by atoms with Crippen LogP contribution < -0.4 is 20.5 Å². The molecule has 6 aromatic carbocycles. The van der Waals surface area contributed by atoms with Crippen molar-refractivity contribution < 1.29 is 52.8 Å². The van der Waals surface area contributed by atoms with Crippen LogP contribution in [-0.2, 0) is 9.59 Å². The van der Waals surface area contributed by atoms with Gasteiger partial charge in [-0.25, -0.2) is 13.6 Å². The summed E-state index contributed by atoms with van der Waals surface area (Å²) in [5, 5.41) is 34.0. The van der Waals surface area contributed by atoms with Crippen LogP contribution >= 0.6 is 23.2 Å². The van der Waals surface area contributed by atoms with Crippen LogP contribution in [0.5, 0.6) is 11.5 Å². The predicted molar refractivity (Wildman–Crippen MR) is 298 cm³/mol. The second kappa shape index (κ2) is 27.8. The minimum atomic E-state index is -1.49. The Labute approximate surface area is 463 Å². The lowest BCUT2D eigenvalue weighted by Gasteiger charge is -2.28. The molecule has 4 aliphatic rings. The summed E-state index contributed by atoms with van der Waals surface area (Å²) in [7, 11) is 0. The molecular formula is C61H66Cl2F2N4O9. The van der Waals surface area contributed by atoms with E-state index in [1.165, 1.54) is 49.2 Å². The van der Waals surface area contributed by atoms with E-state index < -0.39 is 41.7 Å². The molecule has 0 radical (unpaired) electrons. The number of aliphatic hydroxyl groups excluding tert-OH is 2. The maximum atomic E-state index is 13.3. The Morgan fingerprint density at radius 2 is 1.00 bits per heavy atom. The second-order valence-corrected chi connectivity index (χ2v) is 20.6. The largest absolute Gasteiger partial charge is 0.489 e. The van der Waals surface area contributed by atoms with Crippen molar-refractivity contribution in [2.24, 2.45) is 5.73 Å². The second-order valence-electron chi connectivity index (χ2n) is 19.8. The van der Waals surface area contributed by atoms with Crippen LogP contribution in [0.15, 0.2) is 133 Å². The van der Waals surface area contributed by atoms with Crippen molar-refractivity contribution in [1.29, 1.82) is 0 Å². The summed E-state index contributed by atoms with van der Waals surface area (Å²) in [6.45, 7) is 5.00. The molecule has 2 saturated heterocycles. The van der Waals surface area contributed by atoms with E-state index in [1.807, 2.05) is 12.1 Å². The summed E-state index contributed by atoms with van der Waals surface area (Å²) in [5.41, 5.74) is 10.6. The van der Waals surface area contributed by atoms with Gasteiger partial charge in [0.05, 0.1) is 34.4 Å². The van der Waals surface area contributed by atoms with Gasteiger partial charge in [-0.2, -0.15) is 0 Å². The number of amides is 1. The standard InChI is InChI=1S/C30H30ClFN2O4.C16H23ClN2O2.C14H9FO3.CH4/c31-25-17-22(8-13-27(25)38-24-11-12-24)28(35)26(18-34-14-1-2-15-34)33-30(37)29(36)21-5-3-4-20(16-21)19-6-9-23(32)10-7-19;17-13-9-11(3-6-15(13)21-12-4-5-12)16(20)14(18)10-19-7-1-2-8-19;15-12-6-4-9(5-7-12)10-2-1-3-11(8-10)13(16)14(17)18;/h3-10,13,16-17,24,26,28,35H,1-2,11-12,14-15,18H2,(H,33,37);3,6,9,12,14,16,20H,1-2,4-5,7-8,10,18H2;1-8H,(H,17,18);1H4/t26-,28-;14-,16-;;/m11../s1. The third-order valence-corrected chi connectivity index (χ3v) is 14.3. The Hall–Kier alpha value is -6.56. The number of carboxylic acid groups (broad SMARTS) is 1. The molecule has 0 bridgehead atoms. The smallest absolute Gasteiger partial charge is 0.377 e. The van der Waals surface area contributed by atoms with Gasteiger partial charge in [0.25, 0.3) is 11.7 Å². The first kappa shape index (κ1) is 59.1. The van der Waals surface area contributed by atoms with E-state index in [9.17, 15) is 38.2 Å². The minimum Gasteiger partial charge on any atom is -0.489 e. The average Bonchev–Trinajstić information content (AvgIpc) is 4.34. The van der Waals surface area contributed by atoms with Gasteiger partial charge >= 0.3 is 5.97 Å². The van der Waals surface area contributed by atoms with Crippen molar-refractivity contribution in [3.63, 3.8) is 0 Å². The first-order chi connectivity index (χ1) is 37.1. The van der Waals surface area contributed by atoms with E-state index in [0.717, 1.165) is 87.9 Å². The van der Waals surface area contributed by atoms with Gasteiger partial charge in [0.2, 0.25) is 5.78 Å². The molecule has 2 aliphatic carbocycles. The summed E-state index contributed by atoms with van der Waals surface area (Å²) < 4.78 is 37.6. The lowest BCUT2D eigenvalue weighted by atomic mass is 9.99. The van der Waals surface area contributed by atoms with Crippen molar-refractivity contribution in [1.82, 2.24) is 15.1 Å². The molecule has 1 amide bonds. The normalized spacial score (nSPS) is 16.7. The Balaban J connectivity index is 0.000000186. The van der Waals surface area contributed by atoms with Crippen LogP contribution in [-0.4, -0.2) is 112 Å². The Kier molecular flexibility index (Phi) is 21.1. The van der Waals surface area contributed by atoms with Crippen LogP contribution in [0.25, 0.3) is 22.3 Å². The van der Waals surface area contributed by atoms with E-state index in [1.54, 1.807) is 84.9 Å². The molecule has 13 nitrogen and oxygen atoms in total. The number of aliphatic hydroxyl groups is 2. The summed E-state index contributed by atoms with van der Waals surface area (Å²) in [4.78, 5) is 52.6. The fourth-order valence-electron chi connectivity index (χ4n) is 9.09. The summed E-state index contributed by atoms with van der Waals surface area (Å²) in [5.74, 6) is -3.40. The molecule has 2 saturated carbocycles. The van der Waals surface area contributed by atoms with Crippen molar-refractivity contribution >= 4 is 46.6 Å². The van der Waals surface area contributed by atoms with Gasteiger partial charge < -0.3 is 45.6 Å². The molecule has 4 atom stereocenters. The molecule has 2 heterocycles. The molecule has 2 aliphatic heterocycles. The highest BCUT2D eigenvalue weighted by molar-refractivity contribution is 6.43. The van der Waals surface area contributed by atoms with E-state index in [4.69, 9.17) is 43.5 Å². The number of carbonyl (C=O) groups is 4. The van der Waals surface area contributed by atoms with Crippen LogP contribution in [0.1, 0.15) is 103 Å². The van der Waals surface area contributed by atoms with Gasteiger partial charge in [-0.05, 0) is 172 Å². The number of likely N-dealkylation sites (tertiary alicyclic amines) is 2. The van der Waals surface area contributed by atoms with Gasteiger partial charge in [0, 0.05) is 30.3 Å². The summed E-state index contributed by atoms with van der Waals surface area (Å²) >= 11 is 12.7. The number of halogens is 4. The SMILES string of the molecule is C.N[C@H](CN1CCCC1)[C@H](O)c1ccc(OC2CC2)c(Cl)c1.O=C(N[C@H](CN1CCCC1)[C@H](O)c1ccc(OC2CC2)c(Cl)c1)C(=O)c1cccc(-c2ccc(F)cc2)c1.O=C(O)C(=O)c1cccc(-c2ccc(F)cc2)c1.